The van der Waals surface area contributed by atoms with Crippen molar-refractivity contribution in [3.05, 3.63) is 0 Å². The molecule has 3 aliphatic heterocycles. The molecule has 3 saturated heterocycles. The second kappa shape index (κ2) is 48.0. The summed E-state index contributed by atoms with van der Waals surface area (Å²) in [5.41, 5.74) is -0.963. The molecule has 1 amide bonds. The van der Waals surface area contributed by atoms with Gasteiger partial charge in [-0.3, -0.25) is 4.79 Å². The Morgan fingerprint density at radius 3 is 1.07 bits per heavy atom. The van der Waals surface area contributed by atoms with Crippen LogP contribution < -0.4 is 5.32 Å². The molecule has 13 N–H and O–H groups in total. The van der Waals surface area contributed by atoms with Crippen molar-refractivity contribution >= 4 is 80.0 Å². The summed E-state index contributed by atoms with van der Waals surface area (Å²) in [5.74, 6) is -1.58. The van der Waals surface area contributed by atoms with Gasteiger partial charge in [-0.25, -0.2) is 0 Å². The number of amides is 1. The molecule has 94 heavy (non-hydrogen) atoms. The van der Waals surface area contributed by atoms with Gasteiger partial charge in [0.1, 0.15) is 36.6 Å². The van der Waals surface area contributed by atoms with Crippen molar-refractivity contribution in [2.45, 2.75) is 172 Å². The number of aliphatic hydroxyl groups is 8. The van der Waals surface area contributed by atoms with Gasteiger partial charge in [-0.1, -0.05) is 20.8 Å². The van der Waals surface area contributed by atoms with E-state index in [4.69, 9.17) is 131 Å². The summed E-state index contributed by atoms with van der Waals surface area (Å²) in [4.78, 5) is 54.0. The summed E-state index contributed by atoms with van der Waals surface area (Å²) < 4.78 is 102. The first-order valence-electron chi connectivity index (χ1n) is 31.6. The monoisotopic (exact) mass is 1520 g/mol. The Labute approximate surface area is 572 Å². The smallest absolute Gasteiger partial charge is 0.324 e. The quantitative estimate of drug-likeness (QED) is 0.0302. The second-order valence-corrected chi connectivity index (χ2v) is 34.5. The number of hydrogen-bond donors (Lipinski definition) is 13. The molecule has 0 saturated carbocycles. The van der Waals surface area contributed by atoms with E-state index in [1.165, 1.54) is 14.0 Å². The highest BCUT2D eigenvalue weighted by Gasteiger charge is 2.46. The van der Waals surface area contributed by atoms with Crippen LogP contribution in [0.15, 0.2) is 0 Å². The van der Waals surface area contributed by atoms with Crippen LogP contribution in [0.4, 0.5) is 0 Å². The Morgan fingerprint density at radius 1 is 0.404 bits per heavy atom. The first-order chi connectivity index (χ1) is 44.6. The van der Waals surface area contributed by atoms with E-state index in [-0.39, 0.29) is 150 Å². The second-order valence-electron chi connectivity index (χ2n) is 23.0. The summed E-state index contributed by atoms with van der Waals surface area (Å²) in [6.07, 6.45) is -6.86. The Balaban J connectivity index is 1.55. The van der Waals surface area contributed by atoms with Crippen molar-refractivity contribution in [1.82, 2.24) is 5.32 Å². The van der Waals surface area contributed by atoms with Crippen LogP contribution in [0.3, 0.4) is 0 Å². The summed E-state index contributed by atoms with van der Waals surface area (Å²) in [7, 11) is 1.26. The molecule has 0 aromatic carbocycles. The minimum atomic E-state index is -3.70. The highest BCUT2D eigenvalue weighted by atomic mass is 32.5. The van der Waals surface area contributed by atoms with Crippen LogP contribution in [0.5, 0.6) is 0 Å². The van der Waals surface area contributed by atoms with Crippen LogP contribution in [0.2, 0.25) is 0 Å². The summed E-state index contributed by atoms with van der Waals surface area (Å²) in [5, 5.41) is 82.9. The number of carbonyl (C=O) groups is 1. The predicted molar refractivity (Wildman–Crippen MR) is 351 cm³/mol. The predicted octanol–water partition coefficient (Wildman–Crippen LogP) is 1.38. The van der Waals surface area contributed by atoms with E-state index in [1.807, 2.05) is 13.8 Å². The van der Waals surface area contributed by atoms with Crippen LogP contribution in [0, 0.1) is 23.2 Å². The van der Waals surface area contributed by atoms with Crippen molar-refractivity contribution in [2.75, 3.05) is 146 Å². The van der Waals surface area contributed by atoms with Gasteiger partial charge < -0.3 is 149 Å². The Bertz CT molecular complexity index is 2160. The zero-order chi connectivity index (χ0) is 69.8. The normalized spacial score (nSPS) is 30.0. The maximum absolute atomic E-state index is 11.8. The lowest BCUT2D eigenvalue weighted by Gasteiger charge is -2.42. The van der Waals surface area contributed by atoms with Crippen molar-refractivity contribution in [1.29, 1.82) is 0 Å². The molecule has 11 unspecified atom stereocenters. The topological polar surface area (TPSA) is 438 Å². The fraction of sp³-hybridized carbons (Fsp3) is 0.981. The third-order valence-corrected chi connectivity index (χ3v) is 21.8. The summed E-state index contributed by atoms with van der Waals surface area (Å²) >= 11 is 20.6. The van der Waals surface area contributed by atoms with Gasteiger partial charge >= 0.3 is 26.9 Å². The lowest BCUT2D eigenvalue weighted by atomic mass is 9.86. The summed E-state index contributed by atoms with van der Waals surface area (Å²) in [6.45, 7) is -7.54. The van der Waals surface area contributed by atoms with Gasteiger partial charge in [-0.2, -0.15) is 0 Å². The van der Waals surface area contributed by atoms with Crippen LogP contribution >= 0.6 is 26.9 Å². The third-order valence-electron chi connectivity index (χ3n) is 15.1. The molecule has 558 valence electrons. The fourth-order valence-electron chi connectivity index (χ4n) is 9.53. The van der Waals surface area contributed by atoms with E-state index >= 15 is 0 Å². The summed E-state index contributed by atoms with van der Waals surface area (Å²) in [6, 6.07) is -1.10. The lowest BCUT2D eigenvalue weighted by Crippen LogP contribution is -2.64. The van der Waals surface area contributed by atoms with Crippen LogP contribution in [0.25, 0.3) is 0 Å². The molecule has 0 aromatic rings. The maximum Gasteiger partial charge on any atom is 0.324 e. The average Bonchev–Trinajstić information content (AvgIpc) is 0.843. The van der Waals surface area contributed by atoms with E-state index in [0.29, 0.717) is 57.8 Å². The zero-order valence-corrected chi connectivity index (χ0v) is 61.2. The minimum Gasteiger partial charge on any atom is -0.394 e. The van der Waals surface area contributed by atoms with Gasteiger partial charge in [0.25, 0.3) is 0 Å². The SMILES string of the molecule is COP(O)(=S)OCCCCOCC(COCCCOP(O)(=S)OCCCCO[C@@H]1OC(CO)[C@H](C)[C@H](O)C1C)(COCCCOP(O)(=S)OCCCCO[C@@H]1OC(CO)[C@H](O)[C@H](O)C1C)COCCCOP(O)(=S)OCCCCO[C@@H]1OC(CO)[C@H](O)[C@H](O)C1NC(C)=O. The first-order valence-corrected chi connectivity index (χ1v) is 41.9. The molecule has 32 nitrogen and oxygen atoms in total. The third kappa shape index (κ3) is 35.4. The van der Waals surface area contributed by atoms with E-state index in [2.05, 4.69) is 5.32 Å². The van der Waals surface area contributed by atoms with E-state index in [9.17, 15) is 65.2 Å². The molecule has 0 radical (unpaired) electrons. The Morgan fingerprint density at radius 2 is 0.702 bits per heavy atom. The van der Waals surface area contributed by atoms with Gasteiger partial charge in [0.05, 0.1) is 116 Å². The molecule has 0 aromatic heterocycles. The molecule has 3 fully saturated rings. The van der Waals surface area contributed by atoms with Gasteiger partial charge in [0.2, 0.25) is 5.91 Å². The van der Waals surface area contributed by atoms with Crippen LogP contribution in [0.1, 0.15) is 98.3 Å². The maximum atomic E-state index is 11.8. The van der Waals surface area contributed by atoms with Crippen LogP contribution in [-0.4, -0.2) is 286 Å². The van der Waals surface area contributed by atoms with Gasteiger partial charge in [0.15, 0.2) is 18.9 Å². The molecule has 0 aliphatic carbocycles. The van der Waals surface area contributed by atoms with Gasteiger partial charge in [0, 0.05) is 78.0 Å². The van der Waals surface area contributed by atoms with Gasteiger partial charge in [-0.15, -0.1) is 0 Å². The average molecular weight is 1520 g/mol. The molecule has 3 heterocycles. The molecular weight excluding hydrogens is 1410 g/mol. The van der Waals surface area contributed by atoms with Crippen molar-refractivity contribution in [2.24, 2.45) is 23.2 Å². The Kier molecular flexibility index (Phi) is 45.5. The molecule has 3 aliphatic rings. The first kappa shape index (κ1) is 89.1. The minimum absolute atomic E-state index is 0.00112. The van der Waals surface area contributed by atoms with Gasteiger partial charge in [-0.05, 0) is 118 Å². The number of ether oxygens (including phenoxy) is 10. The highest BCUT2D eigenvalue weighted by molar-refractivity contribution is 8.08. The molecule has 20 atom stereocenters. The van der Waals surface area contributed by atoms with E-state index in [1.54, 1.807) is 6.92 Å². The molecule has 0 spiro atoms. The largest absolute Gasteiger partial charge is 0.394 e. The van der Waals surface area contributed by atoms with Crippen molar-refractivity contribution in [3.8, 4) is 0 Å². The van der Waals surface area contributed by atoms with Crippen LogP contribution in [-0.2, 0) is 136 Å². The standard InChI is InChI=1S/C54H107NO31P4S4/c1-38-42(31-56)84-51(39(2)46(38)60)74-21-7-11-25-78-88(66,92)81-28-14-18-71-35-54(34-70-17-6-10-24-77-87(65,91)69-5,36-72-19-15-29-82-89(67,93)79-26-12-8-22-75-52-40(3)47(61)48(62)43(32-57)85-52)37-73-20-16-30-83-90(68,94)80-27-13-9-23-76-53-45(55-41(4)59)50(64)49(63)44(33-58)86-53/h38-40,42-53,56-58,60-64H,6-37H2,1-5H3,(H,55,59)(H,65,91)(H,66,92)(H,67,93)(H,68,94)/t38-,39?,40?,42?,43?,44?,45?,46-,47+,48-,49-,50+,51+,52+,53+,54?,87?,88?,89?,90?/m0/s1. The van der Waals surface area contributed by atoms with E-state index in [0.717, 1.165) is 0 Å². The molecule has 0 bridgehead atoms. The molecule has 3 rings (SSSR count). The zero-order valence-electron chi connectivity index (χ0n) is 54.3. The number of aliphatic hydroxyl groups excluding tert-OH is 8. The number of unbranched alkanes of at least 4 members (excludes halogenated alkanes) is 4. The lowest BCUT2D eigenvalue weighted by molar-refractivity contribution is -0.282. The molecule has 40 heteroatoms. The molecular formula is C54H107NO31P4S4. The Hall–Kier alpha value is 0.870. The van der Waals surface area contributed by atoms with E-state index < -0.39 is 131 Å². The van der Waals surface area contributed by atoms with Crippen molar-refractivity contribution < 1.29 is 149 Å². The highest BCUT2D eigenvalue weighted by Crippen LogP contribution is 2.46. The number of carbonyl (C=O) groups excluding carboxylic acids is 1. The number of hydrogen-bond acceptors (Lipinski definition) is 31. The number of rotatable bonds is 55. The number of nitrogens with one attached hydrogen (secondary N) is 1. The van der Waals surface area contributed by atoms with Crippen molar-refractivity contribution in [3.63, 3.8) is 0 Å². The fourth-order valence-corrected chi connectivity index (χ4v) is 13.9.